The molecule has 25 heavy (non-hydrogen) atoms. The van der Waals surface area contributed by atoms with Crippen LogP contribution < -0.4 is 5.73 Å². The van der Waals surface area contributed by atoms with Crippen molar-refractivity contribution >= 4 is 29.1 Å². The van der Waals surface area contributed by atoms with Gasteiger partial charge < -0.3 is 10.6 Å². The number of amides is 1. The summed E-state index contributed by atoms with van der Waals surface area (Å²) in [6.45, 7) is 7.40. The van der Waals surface area contributed by atoms with Gasteiger partial charge in [0.05, 0.1) is 22.6 Å². The standard InChI is InChI=1S/C19H27Cl2N3O/c1-19(2)12-23(9-7-17(19)22)11-18(25)24-8-3-4-16(24)13-5-6-14(20)15(21)10-13/h5-6,10,16-17H,3-4,7-9,11-12,22H2,1-2H3. The molecule has 0 aliphatic carbocycles. The van der Waals surface area contributed by atoms with E-state index < -0.39 is 0 Å². The summed E-state index contributed by atoms with van der Waals surface area (Å²) in [6, 6.07) is 5.99. The lowest BCUT2D eigenvalue weighted by Gasteiger charge is -2.42. The smallest absolute Gasteiger partial charge is 0.237 e. The first-order valence-corrected chi connectivity index (χ1v) is 9.76. The van der Waals surface area contributed by atoms with Crippen LogP contribution in [0, 0.1) is 5.41 Å². The molecule has 2 aliphatic heterocycles. The number of hydrogen-bond acceptors (Lipinski definition) is 3. The number of piperidine rings is 1. The van der Waals surface area contributed by atoms with Gasteiger partial charge in [-0.05, 0) is 42.4 Å². The fourth-order valence-electron chi connectivity index (χ4n) is 4.03. The number of rotatable bonds is 3. The minimum absolute atomic E-state index is 0.0483. The van der Waals surface area contributed by atoms with Crippen LogP contribution in [0.25, 0.3) is 0 Å². The topological polar surface area (TPSA) is 49.6 Å². The number of nitrogens with two attached hydrogens (primary N) is 1. The summed E-state index contributed by atoms with van der Waals surface area (Å²) in [4.78, 5) is 17.2. The molecule has 1 aromatic rings. The van der Waals surface area contributed by atoms with Crippen molar-refractivity contribution in [2.75, 3.05) is 26.2 Å². The predicted octanol–water partition coefficient (Wildman–Crippen LogP) is 3.72. The minimum Gasteiger partial charge on any atom is -0.335 e. The second-order valence-electron chi connectivity index (χ2n) is 8.01. The molecule has 3 rings (SSSR count). The number of likely N-dealkylation sites (tertiary alicyclic amines) is 2. The molecule has 2 atom stereocenters. The van der Waals surface area contributed by atoms with Crippen molar-refractivity contribution < 1.29 is 4.79 Å². The first-order valence-electron chi connectivity index (χ1n) is 9.00. The Morgan fingerprint density at radius 1 is 1.24 bits per heavy atom. The molecule has 0 aromatic heterocycles. The maximum absolute atomic E-state index is 12.9. The Kier molecular flexibility index (Phi) is 5.64. The van der Waals surface area contributed by atoms with Crippen molar-refractivity contribution in [3.05, 3.63) is 33.8 Å². The molecule has 2 N–H and O–H groups in total. The highest BCUT2D eigenvalue weighted by Gasteiger charge is 2.36. The van der Waals surface area contributed by atoms with Crippen LogP contribution in [0.1, 0.15) is 44.7 Å². The van der Waals surface area contributed by atoms with Crippen LogP contribution in [0.15, 0.2) is 18.2 Å². The maximum atomic E-state index is 12.9. The van der Waals surface area contributed by atoms with Gasteiger partial charge in [0.25, 0.3) is 0 Å². The summed E-state index contributed by atoms with van der Waals surface area (Å²) in [5.74, 6) is 0.194. The van der Waals surface area contributed by atoms with E-state index in [1.165, 1.54) is 0 Å². The van der Waals surface area contributed by atoms with Gasteiger partial charge in [-0.1, -0.05) is 43.1 Å². The highest BCUT2D eigenvalue weighted by atomic mass is 35.5. The Morgan fingerprint density at radius 3 is 2.68 bits per heavy atom. The van der Waals surface area contributed by atoms with Gasteiger partial charge in [0.2, 0.25) is 5.91 Å². The van der Waals surface area contributed by atoms with E-state index in [1.807, 2.05) is 23.1 Å². The SMILES string of the molecule is CC1(C)CN(CC(=O)N2CCCC2c2ccc(Cl)c(Cl)c2)CCC1N. The first-order chi connectivity index (χ1) is 11.8. The molecular formula is C19H27Cl2N3O. The largest absolute Gasteiger partial charge is 0.335 e. The molecule has 0 bridgehead atoms. The Bertz CT molecular complexity index is 650. The van der Waals surface area contributed by atoms with E-state index in [4.69, 9.17) is 28.9 Å². The Morgan fingerprint density at radius 2 is 2.00 bits per heavy atom. The van der Waals surface area contributed by atoms with Crippen molar-refractivity contribution in [1.29, 1.82) is 0 Å². The van der Waals surface area contributed by atoms with Gasteiger partial charge in [0.15, 0.2) is 0 Å². The number of nitrogens with zero attached hydrogens (tertiary/aromatic N) is 2. The van der Waals surface area contributed by atoms with E-state index in [1.54, 1.807) is 0 Å². The molecule has 0 radical (unpaired) electrons. The van der Waals surface area contributed by atoms with Crippen molar-refractivity contribution in [3.8, 4) is 0 Å². The summed E-state index contributed by atoms with van der Waals surface area (Å²) in [5, 5.41) is 1.10. The lowest BCUT2D eigenvalue weighted by molar-refractivity contribution is -0.134. The number of carbonyl (C=O) groups excluding carboxylic acids is 1. The maximum Gasteiger partial charge on any atom is 0.237 e. The zero-order valence-electron chi connectivity index (χ0n) is 15.0. The van der Waals surface area contributed by atoms with Crippen LogP contribution in [0.2, 0.25) is 10.0 Å². The zero-order valence-corrected chi connectivity index (χ0v) is 16.5. The van der Waals surface area contributed by atoms with E-state index >= 15 is 0 Å². The summed E-state index contributed by atoms with van der Waals surface area (Å²) in [6.07, 6.45) is 2.93. The molecule has 2 aliphatic rings. The molecule has 4 nitrogen and oxygen atoms in total. The van der Waals surface area contributed by atoms with Crippen LogP contribution in [0.4, 0.5) is 0 Å². The summed E-state index contributed by atoms with van der Waals surface area (Å²) in [5.41, 5.74) is 7.33. The van der Waals surface area contributed by atoms with Crippen LogP contribution in [-0.2, 0) is 4.79 Å². The average Bonchev–Trinajstić information content (AvgIpc) is 3.03. The highest BCUT2D eigenvalue weighted by Crippen LogP contribution is 2.35. The van der Waals surface area contributed by atoms with E-state index in [0.717, 1.165) is 44.5 Å². The lowest BCUT2D eigenvalue weighted by Crippen LogP contribution is -2.54. The van der Waals surface area contributed by atoms with Gasteiger partial charge in [-0.3, -0.25) is 9.69 Å². The molecule has 1 aromatic carbocycles. The minimum atomic E-state index is 0.0483. The molecule has 0 spiro atoms. The third kappa shape index (κ3) is 4.13. The molecule has 6 heteroatoms. The molecular weight excluding hydrogens is 357 g/mol. The first kappa shape index (κ1) is 19.0. The highest BCUT2D eigenvalue weighted by molar-refractivity contribution is 6.42. The van der Waals surface area contributed by atoms with Crippen molar-refractivity contribution in [3.63, 3.8) is 0 Å². The lowest BCUT2D eigenvalue weighted by atomic mass is 9.80. The molecule has 2 saturated heterocycles. The molecule has 2 heterocycles. The van der Waals surface area contributed by atoms with E-state index in [2.05, 4.69) is 18.7 Å². The van der Waals surface area contributed by atoms with Crippen LogP contribution in [0.5, 0.6) is 0 Å². The van der Waals surface area contributed by atoms with Gasteiger partial charge in [-0.25, -0.2) is 0 Å². The zero-order chi connectivity index (χ0) is 18.2. The van der Waals surface area contributed by atoms with E-state index in [-0.39, 0.29) is 23.4 Å². The van der Waals surface area contributed by atoms with Crippen molar-refractivity contribution in [2.24, 2.45) is 11.1 Å². The Balaban J connectivity index is 1.68. The Hall–Kier alpha value is -0.810. The fourth-order valence-corrected chi connectivity index (χ4v) is 4.34. The van der Waals surface area contributed by atoms with Gasteiger partial charge in [0, 0.05) is 25.7 Å². The monoisotopic (exact) mass is 383 g/mol. The van der Waals surface area contributed by atoms with Crippen molar-refractivity contribution in [1.82, 2.24) is 9.80 Å². The van der Waals surface area contributed by atoms with Crippen LogP contribution in [-0.4, -0.2) is 47.9 Å². The van der Waals surface area contributed by atoms with Crippen LogP contribution in [0.3, 0.4) is 0 Å². The van der Waals surface area contributed by atoms with Gasteiger partial charge >= 0.3 is 0 Å². The second kappa shape index (κ2) is 7.43. The van der Waals surface area contributed by atoms with Crippen LogP contribution >= 0.6 is 23.2 Å². The average molecular weight is 384 g/mol. The van der Waals surface area contributed by atoms with Crippen molar-refractivity contribution in [2.45, 2.75) is 45.2 Å². The fraction of sp³-hybridized carbons (Fsp3) is 0.632. The number of benzene rings is 1. The van der Waals surface area contributed by atoms with Gasteiger partial charge in [-0.2, -0.15) is 0 Å². The second-order valence-corrected chi connectivity index (χ2v) is 8.83. The number of halogens is 2. The molecule has 2 unspecified atom stereocenters. The normalized spacial score (nSPS) is 26.8. The molecule has 1 amide bonds. The third-order valence-corrected chi connectivity index (χ3v) is 6.39. The number of hydrogen-bond donors (Lipinski definition) is 1. The molecule has 0 saturated carbocycles. The predicted molar refractivity (Wildman–Crippen MR) is 103 cm³/mol. The Labute approximate surface area is 160 Å². The van der Waals surface area contributed by atoms with E-state index in [0.29, 0.717) is 16.6 Å². The molecule has 138 valence electrons. The quantitative estimate of drug-likeness (QED) is 0.864. The third-order valence-electron chi connectivity index (χ3n) is 5.65. The summed E-state index contributed by atoms with van der Waals surface area (Å²) in [7, 11) is 0. The molecule has 2 fully saturated rings. The van der Waals surface area contributed by atoms with Gasteiger partial charge in [0.1, 0.15) is 0 Å². The summed E-state index contributed by atoms with van der Waals surface area (Å²) >= 11 is 12.2. The summed E-state index contributed by atoms with van der Waals surface area (Å²) < 4.78 is 0. The van der Waals surface area contributed by atoms with Gasteiger partial charge in [-0.15, -0.1) is 0 Å². The van der Waals surface area contributed by atoms with E-state index in [9.17, 15) is 4.79 Å². The number of carbonyl (C=O) groups is 1.